The molecule has 4 N–H and O–H groups in total. The third-order valence-electron chi connectivity index (χ3n) is 1.57. The highest BCUT2D eigenvalue weighted by molar-refractivity contribution is 7.71. The Hall–Kier alpha value is -1.83. The van der Waals surface area contributed by atoms with Crippen molar-refractivity contribution in [1.82, 2.24) is 9.97 Å². The van der Waals surface area contributed by atoms with E-state index in [0.29, 0.717) is 0 Å². The van der Waals surface area contributed by atoms with E-state index in [2.05, 4.69) is 22.2 Å². The van der Waals surface area contributed by atoms with Crippen LogP contribution in [0.2, 0.25) is 0 Å². The van der Waals surface area contributed by atoms with Gasteiger partial charge >= 0.3 is 0 Å². The summed E-state index contributed by atoms with van der Waals surface area (Å²) >= 11 is 4.56. The number of rotatable bonds is 1. The van der Waals surface area contributed by atoms with Crippen molar-refractivity contribution < 1.29 is 15.2 Å². The molecule has 1 heterocycles. The van der Waals surface area contributed by atoms with Gasteiger partial charge in [-0.2, -0.15) is 0 Å². The molecular weight excluding hydrogens is 210 g/mol. The fourth-order valence-electron chi connectivity index (χ4n) is 0.906. The molecule has 0 spiro atoms. The lowest BCUT2D eigenvalue weighted by molar-refractivity contribution is -0.726. The maximum Gasteiger partial charge on any atom is 0.269 e. The molecule has 0 bridgehead atoms. The van der Waals surface area contributed by atoms with Gasteiger partial charge in [-0.05, 0) is 12.2 Å². The normalized spacial score (nSPS) is 12.4. The molecule has 1 aromatic heterocycles. The molecule has 0 aliphatic rings. The molecule has 14 heavy (non-hydrogen) atoms. The molecule has 1 rings (SSSR count). The van der Waals surface area contributed by atoms with Gasteiger partial charge in [-0.25, -0.2) is 0 Å². The number of aromatic hydroxyl groups is 1. The topological polar surface area (TPSA) is 115 Å². The Morgan fingerprint density at radius 1 is 1.57 bits per heavy atom. The summed E-state index contributed by atoms with van der Waals surface area (Å²) in [6.45, 7) is 1.17. The Bertz CT molecular complexity index is 497. The van der Waals surface area contributed by atoms with Crippen LogP contribution < -0.4 is 5.56 Å². The second kappa shape index (κ2) is 3.50. The standard InChI is InChI=1S/C6H7N3O4S/c1-2(9(12)13)3-4(10)7-6(14)8-5(3)11/h1H3,(H,12,13)(H3,7,8,10,11,14). The second-order valence-corrected chi connectivity index (χ2v) is 2.90. The first-order valence-corrected chi connectivity index (χ1v) is 3.90. The number of aromatic nitrogens is 2. The summed E-state index contributed by atoms with van der Waals surface area (Å²) in [7, 11) is 0. The summed E-state index contributed by atoms with van der Waals surface area (Å²) in [5.74, 6) is -0.564. The summed E-state index contributed by atoms with van der Waals surface area (Å²) < 4.78 is -0.0700. The highest BCUT2D eigenvalue weighted by atomic mass is 32.1. The van der Waals surface area contributed by atoms with Gasteiger partial charge in [0.15, 0.2) is 10.3 Å². The van der Waals surface area contributed by atoms with E-state index in [-0.39, 0.29) is 16.0 Å². The van der Waals surface area contributed by atoms with Gasteiger partial charge in [-0.15, -0.1) is 0 Å². The van der Waals surface area contributed by atoms with E-state index in [1.807, 2.05) is 0 Å². The highest BCUT2D eigenvalue weighted by Crippen LogP contribution is 2.07. The zero-order valence-corrected chi connectivity index (χ0v) is 7.88. The summed E-state index contributed by atoms with van der Waals surface area (Å²) in [6.07, 6.45) is 0. The number of aromatic amines is 2. The first kappa shape index (κ1) is 10.3. The first-order valence-electron chi connectivity index (χ1n) is 3.49. The predicted octanol–water partition coefficient (Wildman–Crippen LogP) is -0.153. The zero-order valence-electron chi connectivity index (χ0n) is 7.07. The van der Waals surface area contributed by atoms with Crippen LogP contribution in [0.4, 0.5) is 0 Å². The van der Waals surface area contributed by atoms with E-state index in [9.17, 15) is 15.1 Å². The molecule has 0 aliphatic heterocycles. The van der Waals surface area contributed by atoms with Gasteiger partial charge in [0, 0.05) is 11.8 Å². The Labute approximate surface area is 82.5 Å². The minimum absolute atomic E-state index is 0.0700. The number of hydrogen-bond acceptors (Lipinski definition) is 5. The van der Waals surface area contributed by atoms with Gasteiger partial charge in [0.1, 0.15) is 0 Å². The van der Waals surface area contributed by atoms with Crippen LogP contribution in [0, 0.1) is 9.98 Å². The van der Waals surface area contributed by atoms with Crippen LogP contribution in [-0.4, -0.2) is 30.9 Å². The van der Waals surface area contributed by atoms with Gasteiger partial charge in [0.25, 0.3) is 11.3 Å². The molecule has 0 radical (unpaired) electrons. The fourth-order valence-corrected chi connectivity index (χ4v) is 1.10. The highest BCUT2D eigenvalue weighted by Gasteiger charge is 2.18. The largest absolute Gasteiger partial charge is 0.494 e. The van der Waals surface area contributed by atoms with Gasteiger partial charge in [0.05, 0.1) is 0 Å². The maximum absolute atomic E-state index is 11.2. The molecule has 1 aromatic rings. The first-order chi connectivity index (χ1) is 6.43. The molecule has 7 nitrogen and oxygen atoms in total. The van der Waals surface area contributed by atoms with Crippen LogP contribution in [0.15, 0.2) is 4.79 Å². The lowest BCUT2D eigenvalue weighted by Crippen LogP contribution is -2.22. The average Bonchev–Trinajstić information content (AvgIpc) is 2.01. The molecule has 0 atom stereocenters. The van der Waals surface area contributed by atoms with Crippen LogP contribution >= 0.6 is 12.2 Å². The van der Waals surface area contributed by atoms with Crippen molar-refractivity contribution in [2.75, 3.05) is 0 Å². The van der Waals surface area contributed by atoms with Crippen molar-refractivity contribution in [2.45, 2.75) is 6.92 Å². The van der Waals surface area contributed by atoms with E-state index in [1.165, 1.54) is 6.92 Å². The third-order valence-corrected chi connectivity index (χ3v) is 1.78. The van der Waals surface area contributed by atoms with Crippen molar-refractivity contribution in [3.05, 3.63) is 25.9 Å². The van der Waals surface area contributed by atoms with Gasteiger partial charge in [-0.1, -0.05) is 0 Å². The SMILES string of the molecule is C/C(c1c(O)[nH]c(=S)[nH]c1=O)=[N+](\[O-])O. The summed E-state index contributed by atoms with van der Waals surface area (Å²) in [4.78, 5) is 15.1. The molecule has 0 amide bonds. The van der Waals surface area contributed by atoms with Crippen molar-refractivity contribution in [1.29, 1.82) is 0 Å². The summed E-state index contributed by atoms with van der Waals surface area (Å²) in [5.41, 5.74) is -1.44. The number of nitrogens with one attached hydrogen (secondary N) is 2. The van der Waals surface area contributed by atoms with Crippen molar-refractivity contribution in [3.8, 4) is 5.88 Å². The van der Waals surface area contributed by atoms with Crippen LogP contribution in [0.25, 0.3) is 0 Å². The van der Waals surface area contributed by atoms with E-state index in [0.717, 1.165) is 0 Å². The molecular formula is C6H7N3O4S. The zero-order chi connectivity index (χ0) is 10.9. The van der Waals surface area contributed by atoms with Gasteiger partial charge in [0.2, 0.25) is 5.88 Å². The van der Waals surface area contributed by atoms with E-state index >= 15 is 0 Å². The lowest BCUT2D eigenvalue weighted by Gasteiger charge is -1.99. The van der Waals surface area contributed by atoms with Crippen molar-refractivity contribution >= 4 is 17.9 Å². The Morgan fingerprint density at radius 2 is 2.14 bits per heavy atom. The van der Waals surface area contributed by atoms with Crippen molar-refractivity contribution in [3.63, 3.8) is 0 Å². The Balaban J connectivity index is 3.60. The molecule has 0 fully saturated rings. The molecule has 8 heteroatoms. The smallest absolute Gasteiger partial charge is 0.269 e. The van der Waals surface area contributed by atoms with Gasteiger partial charge < -0.3 is 15.3 Å². The second-order valence-electron chi connectivity index (χ2n) is 2.49. The van der Waals surface area contributed by atoms with Crippen molar-refractivity contribution in [2.24, 2.45) is 0 Å². The Morgan fingerprint density at radius 3 is 2.57 bits per heavy atom. The number of hydrogen-bond donors (Lipinski definition) is 4. The van der Waals surface area contributed by atoms with E-state index in [4.69, 9.17) is 5.21 Å². The molecule has 0 aromatic carbocycles. The lowest BCUT2D eigenvalue weighted by atomic mass is 10.2. The maximum atomic E-state index is 11.2. The third kappa shape index (κ3) is 1.74. The molecule has 0 aliphatic carbocycles. The Kier molecular flexibility index (Phi) is 2.56. The summed E-state index contributed by atoms with van der Waals surface area (Å²) in [5, 5.41) is 28.2. The van der Waals surface area contributed by atoms with Crippen LogP contribution in [0.5, 0.6) is 5.88 Å². The average molecular weight is 217 g/mol. The number of nitrogens with zero attached hydrogens (tertiary/aromatic N) is 1. The van der Waals surface area contributed by atoms with E-state index < -0.39 is 16.3 Å². The van der Waals surface area contributed by atoms with Crippen LogP contribution in [-0.2, 0) is 0 Å². The summed E-state index contributed by atoms with van der Waals surface area (Å²) in [6, 6.07) is 0. The quantitative estimate of drug-likeness (QED) is 0.172. The number of H-pyrrole nitrogens is 2. The molecule has 0 saturated carbocycles. The van der Waals surface area contributed by atoms with E-state index in [1.54, 1.807) is 0 Å². The van der Waals surface area contributed by atoms with Crippen LogP contribution in [0.1, 0.15) is 12.5 Å². The minimum atomic E-state index is -0.751. The monoisotopic (exact) mass is 217 g/mol. The van der Waals surface area contributed by atoms with Gasteiger partial charge in [-0.3, -0.25) is 15.0 Å². The molecule has 0 unspecified atom stereocenters. The fraction of sp³-hybridized carbons (Fsp3) is 0.167. The minimum Gasteiger partial charge on any atom is -0.494 e. The molecule has 76 valence electrons. The predicted molar refractivity (Wildman–Crippen MR) is 49.1 cm³/mol. The van der Waals surface area contributed by atoms with Crippen LogP contribution in [0.3, 0.4) is 0 Å². The molecule has 0 saturated heterocycles.